The van der Waals surface area contributed by atoms with Gasteiger partial charge in [0.25, 0.3) is 5.91 Å². The molecule has 1 aromatic heterocycles. The first kappa shape index (κ1) is 17.4. The number of carbonyl (C=O) groups excluding carboxylic acids is 1. The van der Waals surface area contributed by atoms with E-state index < -0.39 is 11.9 Å². The van der Waals surface area contributed by atoms with Crippen molar-refractivity contribution < 1.29 is 22.7 Å². The maximum absolute atomic E-state index is 12.4. The van der Waals surface area contributed by atoms with Gasteiger partial charge in [-0.15, -0.1) is 11.3 Å². The monoisotopic (exact) mass is 344 g/mol. The molecule has 1 heterocycles. The highest BCUT2D eigenvalue weighted by molar-refractivity contribution is 7.09. The van der Waals surface area contributed by atoms with Crippen LogP contribution in [-0.2, 0) is 23.9 Å². The van der Waals surface area contributed by atoms with E-state index >= 15 is 0 Å². The van der Waals surface area contributed by atoms with Gasteiger partial charge in [0.15, 0.2) is 5.69 Å². The van der Waals surface area contributed by atoms with Crippen LogP contribution in [0.15, 0.2) is 29.6 Å². The van der Waals surface area contributed by atoms with Crippen molar-refractivity contribution in [1.82, 2.24) is 10.3 Å². The number of ether oxygens (including phenoxy) is 1. The molecule has 1 amide bonds. The average molecular weight is 344 g/mol. The van der Waals surface area contributed by atoms with Crippen LogP contribution in [0.5, 0.6) is 0 Å². The van der Waals surface area contributed by atoms with Gasteiger partial charge in [0, 0.05) is 31.0 Å². The molecule has 1 aromatic carbocycles. The van der Waals surface area contributed by atoms with Crippen molar-refractivity contribution in [2.75, 3.05) is 13.7 Å². The lowest BCUT2D eigenvalue weighted by Crippen LogP contribution is -2.25. The second-order valence-electron chi connectivity index (χ2n) is 4.76. The number of methoxy groups -OCH3 is 1. The minimum Gasteiger partial charge on any atom is -0.380 e. The van der Waals surface area contributed by atoms with Gasteiger partial charge < -0.3 is 10.1 Å². The molecule has 0 fully saturated rings. The van der Waals surface area contributed by atoms with Gasteiger partial charge in [-0.1, -0.05) is 12.1 Å². The molecule has 0 radical (unpaired) electrons. The lowest BCUT2D eigenvalue weighted by atomic mass is 10.1. The number of carbonyl (C=O) groups is 1. The average Bonchev–Trinajstić information content (AvgIpc) is 2.97. The van der Waals surface area contributed by atoms with Crippen LogP contribution in [0.25, 0.3) is 0 Å². The number of alkyl halides is 3. The van der Waals surface area contributed by atoms with Crippen molar-refractivity contribution in [3.8, 4) is 0 Å². The molecule has 0 unspecified atom stereocenters. The third-order valence-corrected chi connectivity index (χ3v) is 3.88. The van der Waals surface area contributed by atoms with Crippen molar-refractivity contribution in [2.45, 2.75) is 19.2 Å². The van der Waals surface area contributed by atoms with Gasteiger partial charge in [-0.05, 0) is 17.7 Å². The van der Waals surface area contributed by atoms with Crippen molar-refractivity contribution >= 4 is 17.2 Å². The van der Waals surface area contributed by atoms with E-state index in [-0.39, 0.29) is 18.9 Å². The Kier molecular flexibility index (Phi) is 5.73. The predicted molar refractivity (Wildman–Crippen MR) is 80.3 cm³/mol. The molecular formula is C15H15F3N2O2S. The molecule has 0 atom stereocenters. The van der Waals surface area contributed by atoms with E-state index in [0.29, 0.717) is 17.2 Å². The maximum atomic E-state index is 12.4. The van der Waals surface area contributed by atoms with Crippen molar-refractivity contribution in [3.05, 3.63) is 51.5 Å². The fourth-order valence-electron chi connectivity index (χ4n) is 1.91. The molecule has 0 spiro atoms. The normalized spacial score (nSPS) is 11.5. The van der Waals surface area contributed by atoms with E-state index in [2.05, 4.69) is 10.3 Å². The number of benzene rings is 1. The van der Waals surface area contributed by atoms with Crippen LogP contribution in [0.3, 0.4) is 0 Å². The van der Waals surface area contributed by atoms with E-state index in [0.717, 1.165) is 22.3 Å². The van der Waals surface area contributed by atoms with Gasteiger partial charge in [0.2, 0.25) is 0 Å². The summed E-state index contributed by atoms with van der Waals surface area (Å²) in [5, 5.41) is 3.99. The summed E-state index contributed by atoms with van der Waals surface area (Å²) >= 11 is 0.934. The Hall–Kier alpha value is -1.93. The summed E-state index contributed by atoms with van der Waals surface area (Å²) in [6.07, 6.45) is -4.18. The molecule has 2 aromatic rings. The first-order valence-corrected chi connectivity index (χ1v) is 7.66. The maximum Gasteiger partial charge on any atom is 0.434 e. The molecule has 0 saturated heterocycles. The molecule has 0 aliphatic rings. The molecule has 0 aliphatic heterocycles. The summed E-state index contributed by atoms with van der Waals surface area (Å²) in [5.74, 6) is -0.282. The van der Waals surface area contributed by atoms with Crippen LogP contribution in [0.2, 0.25) is 0 Å². The number of nitrogens with zero attached hydrogens (tertiary/aromatic N) is 1. The zero-order valence-electron chi connectivity index (χ0n) is 12.3. The highest BCUT2D eigenvalue weighted by atomic mass is 32.1. The summed E-state index contributed by atoms with van der Waals surface area (Å²) in [6, 6.07) is 6.97. The van der Waals surface area contributed by atoms with Gasteiger partial charge in [-0.3, -0.25) is 4.79 Å². The Labute approximate surface area is 135 Å². The quantitative estimate of drug-likeness (QED) is 0.875. The number of thiazole rings is 1. The summed E-state index contributed by atoms with van der Waals surface area (Å²) < 4.78 is 42.3. The molecule has 8 heteroatoms. The second kappa shape index (κ2) is 7.56. The molecule has 1 N–H and O–H groups in total. The molecule has 2 rings (SSSR count). The lowest BCUT2D eigenvalue weighted by Gasteiger charge is -2.06. The van der Waals surface area contributed by atoms with Crippen molar-refractivity contribution in [3.63, 3.8) is 0 Å². The summed E-state index contributed by atoms with van der Waals surface area (Å²) in [5.41, 5.74) is 0.459. The van der Waals surface area contributed by atoms with E-state index in [1.807, 2.05) is 6.07 Å². The fourth-order valence-corrected chi connectivity index (χ4v) is 2.71. The highest BCUT2D eigenvalue weighted by Crippen LogP contribution is 2.29. The minimum absolute atomic E-state index is 0.220. The summed E-state index contributed by atoms with van der Waals surface area (Å²) in [4.78, 5) is 15.5. The number of nitrogens with one attached hydrogen (secondary N) is 1. The van der Waals surface area contributed by atoms with E-state index in [1.165, 1.54) is 0 Å². The van der Waals surface area contributed by atoms with Gasteiger partial charge in [0.1, 0.15) is 0 Å². The first-order chi connectivity index (χ1) is 10.9. The van der Waals surface area contributed by atoms with Crippen LogP contribution in [-0.4, -0.2) is 24.5 Å². The van der Waals surface area contributed by atoms with Crippen LogP contribution >= 0.6 is 11.3 Å². The molecule has 0 aliphatic carbocycles. The molecule has 23 heavy (non-hydrogen) atoms. The van der Waals surface area contributed by atoms with E-state index in [1.54, 1.807) is 25.3 Å². The van der Waals surface area contributed by atoms with E-state index in [4.69, 9.17) is 4.74 Å². The topological polar surface area (TPSA) is 51.2 Å². The zero-order valence-corrected chi connectivity index (χ0v) is 13.1. The SMILES string of the molecule is COCc1cccc(C(=O)NCCc2nc(C(F)(F)F)cs2)c1. The highest BCUT2D eigenvalue weighted by Gasteiger charge is 2.33. The molecule has 0 saturated carbocycles. The Morgan fingerprint density at radius 3 is 2.83 bits per heavy atom. The zero-order chi connectivity index (χ0) is 16.9. The predicted octanol–water partition coefficient (Wildman–Crippen LogP) is 3.28. The largest absolute Gasteiger partial charge is 0.434 e. The smallest absolute Gasteiger partial charge is 0.380 e. The second-order valence-corrected chi connectivity index (χ2v) is 5.71. The van der Waals surface area contributed by atoms with Crippen LogP contribution in [0, 0.1) is 0 Å². The van der Waals surface area contributed by atoms with Gasteiger partial charge >= 0.3 is 6.18 Å². The number of rotatable bonds is 6. The summed E-state index contributed by atoms with van der Waals surface area (Å²) in [7, 11) is 1.57. The Morgan fingerprint density at radius 2 is 2.17 bits per heavy atom. The Bertz CT molecular complexity index is 671. The number of hydrogen-bond acceptors (Lipinski definition) is 4. The summed E-state index contributed by atoms with van der Waals surface area (Å²) in [6.45, 7) is 0.624. The number of aromatic nitrogens is 1. The van der Waals surface area contributed by atoms with Gasteiger partial charge in [-0.25, -0.2) is 4.98 Å². The van der Waals surface area contributed by atoms with Crippen molar-refractivity contribution in [1.29, 1.82) is 0 Å². The standard InChI is InChI=1S/C15H15F3N2O2S/c1-22-8-10-3-2-4-11(7-10)14(21)19-6-5-13-20-12(9-23-13)15(16,17)18/h2-4,7,9H,5-6,8H2,1H3,(H,19,21). The number of halogens is 3. The van der Waals surface area contributed by atoms with Crippen molar-refractivity contribution in [2.24, 2.45) is 0 Å². The molecule has 4 nitrogen and oxygen atoms in total. The third kappa shape index (κ3) is 5.04. The Balaban J connectivity index is 1.87. The minimum atomic E-state index is -4.43. The Morgan fingerprint density at radius 1 is 1.39 bits per heavy atom. The molecule has 0 bridgehead atoms. The number of amides is 1. The van der Waals surface area contributed by atoms with Crippen LogP contribution < -0.4 is 5.32 Å². The van der Waals surface area contributed by atoms with Gasteiger partial charge in [-0.2, -0.15) is 13.2 Å². The number of hydrogen-bond donors (Lipinski definition) is 1. The first-order valence-electron chi connectivity index (χ1n) is 6.78. The van der Waals surface area contributed by atoms with Crippen LogP contribution in [0.1, 0.15) is 26.6 Å². The fraction of sp³-hybridized carbons (Fsp3) is 0.333. The molecular weight excluding hydrogens is 329 g/mol. The van der Waals surface area contributed by atoms with Gasteiger partial charge in [0.05, 0.1) is 11.6 Å². The molecule has 124 valence electrons. The lowest BCUT2D eigenvalue weighted by molar-refractivity contribution is -0.140. The third-order valence-electron chi connectivity index (χ3n) is 2.97. The van der Waals surface area contributed by atoms with Crippen LogP contribution in [0.4, 0.5) is 13.2 Å². The van der Waals surface area contributed by atoms with E-state index in [9.17, 15) is 18.0 Å².